The van der Waals surface area contributed by atoms with Crippen LogP contribution in [0, 0.1) is 0 Å². The Bertz CT molecular complexity index is 538. The van der Waals surface area contributed by atoms with Crippen LogP contribution in [0.3, 0.4) is 0 Å². The lowest BCUT2D eigenvalue weighted by molar-refractivity contribution is 0.482. The van der Waals surface area contributed by atoms with E-state index in [0.29, 0.717) is 15.8 Å². The molecule has 0 spiro atoms. The molecule has 0 fully saturated rings. The molecule has 0 N–H and O–H groups in total. The molecular formula is C15H14Cl2O. The molecule has 0 aliphatic heterocycles. The summed E-state index contributed by atoms with van der Waals surface area (Å²) in [5, 5.41) is 0.943. The Morgan fingerprint density at radius 3 is 2.61 bits per heavy atom. The lowest BCUT2D eigenvalue weighted by Crippen LogP contribution is -1.88. The van der Waals surface area contributed by atoms with Gasteiger partial charge in [0.25, 0.3) is 0 Å². The molecule has 3 heteroatoms. The van der Waals surface area contributed by atoms with E-state index >= 15 is 0 Å². The third kappa shape index (κ3) is 3.18. The van der Waals surface area contributed by atoms with Gasteiger partial charge in [0.1, 0.15) is 16.5 Å². The average molecular weight is 281 g/mol. The topological polar surface area (TPSA) is 9.23 Å². The molecule has 0 saturated carbocycles. The van der Waals surface area contributed by atoms with Crippen molar-refractivity contribution in [2.24, 2.45) is 0 Å². The highest BCUT2D eigenvalue weighted by molar-refractivity contribution is 6.42. The highest BCUT2D eigenvalue weighted by Gasteiger charge is 2.06. The van der Waals surface area contributed by atoms with Crippen molar-refractivity contribution >= 4 is 23.2 Å². The minimum absolute atomic E-state index is 0.445. The number of halogens is 2. The molecule has 94 valence electrons. The summed E-state index contributed by atoms with van der Waals surface area (Å²) in [6, 6.07) is 13.4. The van der Waals surface area contributed by atoms with Gasteiger partial charge in [0.2, 0.25) is 0 Å². The van der Waals surface area contributed by atoms with Crippen molar-refractivity contribution in [1.82, 2.24) is 0 Å². The quantitative estimate of drug-likeness (QED) is 0.694. The predicted octanol–water partition coefficient (Wildman–Crippen LogP) is 5.74. The Morgan fingerprint density at radius 1 is 1.06 bits per heavy atom. The third-order valence-electron chi connectivity index (χ3n) is 2.58. The van der Waals surface area contributed by atoms with Crippen LogP contribution in [0.4, 0.5) is 0 Å². The van der Waals surface area contributed by atoms with Crippen LogP contribution in [0.25, 0.3) is 0 Å². The first kappa shape index (κ1) is 13.3. The van der Waals surface area contributed by atoms with E-state index in [1.165, 1.54) is 5.56 Å². The summed E-state index contributed by atoms with van der Waals surface area (Å²) in [4.78, 5) is 0. The maximum Gasteiger partial charge on any atom is 0.147 e. The van der Waals surface area contributed by atoms with Crippen LogP contribution in [-0.4, -0.2) is 0 Å². The zero-order valence-corrected chi connectivity index (χ0v) is 11.6. The molecule has 0 saturated heterocycles. The van der Waals surface area contributed by atoms with E-state index < -0.39 is 0 Å². The van der Waals surface area contributed by atoms with Crippen LogP contribution in [0.1, 0.15) is 18.9 Å². The second-order valence-electron chi connectivity index (χ2n) is 4.05. The molecule has 0 radical (unpaired) electrons. The van der Waals surface area contributed by atoms with E-state index in [1.807, 2.05) is 24.3 Å². The Labute approximate surface area is 117 Å². The molecule has 2 rings (SSSR count). The molecule has 2 aromatic carbocycles. The van der Waals surface area contributed by atoms with Gasteiger partial charge in [-0.2, -0.15) is 0 Å². The Morgan fingerprint density at radius 2 is 1.83 bits per heavy atom. The summed E-state index contributed by atoms with van der Waals surface area (Å²) >= 11 is 12.0. The molecule has 0 bridgehead atoms. The third-order valence-corrected chi connectivity index (χ3v) is 3.38. The predicted molar refractivity (Wildman–Crippen MR) is 77.0 cm³/mol. The molecule has 0 aromatic heterocycles. The fourth-order valence-corrected chi connectivity index (χ4v) is 2.07. The number of hydrogen-bond acceptors (Lipinski definition) is 1. The van der Waals surface area contributed by atoms with Gasteiger partial charge in [0, 0.05) is 0 Å². The molecule has 0 atom stereocenters. The van der Waals surface area contributed by atoms with Gasteiger partial charge in [-0.15, -0.1) is 0 Å². The first-order valence-electron chi connectivity index (χ1n) is 5.91. The van der Waals surface area contributed by atoms with Gasteiger partial charge in [-0.1, -0.05) is 54.7 Å². The molecule has 0 aliphatic carbocycles. The van der Waals surface area contributed by atoms with Gasteiger partial charge in [0.05, 0.1) is 5.02 Å². The average Bonchev–Trinajstić information content (AvgIpc) is 2.36. The van der Waals surface area contributed by atoms with Crippen LogP contribution < -0.4 is 4.74 Å². The maximum absolute atomic E-state index is 6.09. The second-order valence-corrected chi connectivity index (χ2v) is 4.84. The largest absolute Gasteiger partial charge is 0.456 e. The number of hydrogen-bond donors (Lipinski definition) is 0. The zero-order valence-electron chi connectivity index (χ0n) is 10.1. The van der Waals surface area contributed by atoms with Crippen molar-refractivity contribution in [3.05, 3.63) is 58.1 Å². The standard InChI is InChI=1S/C15H14Cl2O/c1-2-5-11-6-3-7-12(10-11)18-14-9-4-8-13(16)15(14)17/h3-4,6-10H,2,5H2,1H3. The first-order valence-corrected chi connectivity index (χ1v) is 6.67. The van der Waals surface area contributed by atoms with Crippen LogP contribution in [-0.2, 0) is 6.42 Å². The molecule has 1 nitrogen and oxygen atoms in total. The van der Waals surface area contributed by atoms with Crippen LogP contribution in [0.5, 0.6) is 11.5 Å². The van der Waals surface area contributed by atoms with Crippen molar-refractivity contribution in [1.29, 1.82) is 0 Å². The fraction of sp³-hybridized carbons (Fsp3) is 0.200. The number of rotatable bonds is 4. The molecule has 0 unspecified atom stereocenters. The molecule has 2 aromatic rings. The lowest BCUT2D eigenvalue weighted by atomic mass is 10.1. The van der Waals surface area contributed by atoms with Gasteiger partial charge in [-0.05, 0) is 36.2 Å². The van der Waals surface area contributed by atoms with E-state index in [4.69, 9.17) is 27.9 Å². The number of aryl methyl sites for hydroxylation is 1. The summed E-state index contributed by atoms with van der Waals surface area (Å²) in [5.41, 5.74) is 1.26. The maximum atomic E-state index is 6.09. The SMILES string of the molecule is CCCc1cccc(Oc2cccc(Cl)c2Cl)c1. The van der Waals surface area contributed by atoms with Crippen molar-refractivity contribution in [2.45, 2.75) is 19.8 Å². The zero-order chi connectivity index (χ0) is 13.0. The normalized spacial score (nSPS) is 10.4. The van der Waals surface area contributed by atoms with Crippen molar-refractivity contribution in [3.63, 3.8) is 0 Å². The molecule has 0 heterocycles. The summed E-state index contributed by atoms with van der Waals surface area (Å²) in [7, 11) is 0. The van der Waals surface area contributed by atoms with Crippen molar-refractivity contribution < 1.29 is 4.74 Å². The minimum atomic E-state index is 0.445. The van der Waals surface area contributed by atoms with Crippen LogP contribution in [0.2, 0.25) is 10.0 Å². The number of benzene rings is 2. The van der Waals surface area contributed by atoms with Gasteiger partial charge < -0.3 is 4.74 Å². The minimum Gasteiger partial charge on any atom is -0.456 e. The van der Waals surface area contributed by atoms with E-state index in [0.717, 1.165) is 18.6 Å². The first-order chi connectivity index (χ1) is 8.70. The molecule has 0 aliphatic rings. The molecule has 0 amide bonds. The Balaban J connectivity index is 2.23. The molecular weight excluding hydrogens is 267 g/mol. The number of ether oxygens (including phenoxy) is 1. The molecule has 18 heavy (non-hydrogen) atoms. The van der Waals surface area contributed by atoms with E-state index in [1.54, 1.807) is 12.1 Å². The Kier molecular flexibility index (Phi) is 4.51. The Hall–Kier alpha value is -1.18. The summed E-state index contributed by atoms with van der Waals surface area (Å²) in [6.07, 6.45) is 2.15. The lowest BCUT2D eigenvalue weighted by Gasteiger charge is -2.09. The highest BCUT2D eigenvalue weighted by atomic mass is 35.5. The summed E-state index contributed by atoms with van der Waals surface area (Å²) in [6.45, 7) is 2.15. The van der Waals surface area contributed by atoms with E-state index in [2.05, 4.69) is 13.0 Å². The van der Waals surface area contributed by atoms with Crippen LogP contribution in [0.15, 0.2) is 42.5 Å². The van der Waals surface area contributed by atoms with Crippen molar-refractivity contribution in [3.8, 4) is 11.5 Å². The fourth-order valence-electron chi connectivity index (χ4n) is 1.74. The summed E-state index contributed by atoms with van der Waals surface area (Å²) < 4.78 is 5.76. The second kappa shape index (κ2) is 6.12. The van der Waals surface area contributed by atoms with Crippen LogP contribution >= 0.6 is 23.2 Å². The smallest absolute Gasteiger partial charge is 0.147 e. The van der Waals surface area contributed by atoms with Crippen molar-refractivity contribution in [2.75, 3.05) is 0 Å². The monoisotopic (exact) mass is 280 g/mol. The van der Waals surface area contributed by atoms with Gasteiger partial charge >= 0.3 is 0 Å². The van der Waals surface area contributed by atoms with Gasteiger partial charge in [0.15, 0.2) is 0 Å². The van der Waals surface area contributed by atoms with Gasteiger partial charge in [-0.3, -0.25) is 0 Å². The van der Waals surface area contributed by atoms with E-state index in [-0.39, 0.29) is 0 Å². The highest BCUT2D eigenvalue weighted by Crippen LogP contribution is 2.34. The van der Waals surface area contributed by atoms with Gasteiger partial charge in [-0.25, -0.2) is 0 Å². The summed E-state index contributed by atoms with van der Waals surface area (Å²) in [5.74, 6) is 1.36. The van der Waals surface area contributed by atoms with E-state index in [9.17, 15) is 0 Å².